The van der Waals surface area contributed by atoms with E-state index in [0.29, 0.717) is 0 Å². The molecule has 2 aliphatic rings. The van der Waals surface area contributed by atoms with Gasteiger partial charge in [-0.05, 0) is 0 Å². The summed E-state index contributed by atoms with van der Waals surface area (Å²) in [5.74, 6) is -3.96. The first-order valence-electron chi connectivity index (χ1n) is 17.6. The fourth-order valence-electron chi connectivity index (χ4n) is 5.53. The van der Waals surface area contributed by atoms with Gasteiger partial charge in [0.25, 0.3) is 0 Å². The van der Waals surface area contributed by atoms with Gasteiger partial charge in [0.1, 0.15) is 66.3 Å². The number of nitrogens with two attached hydrogens (primary N) is 1. The molecule has 320 valence electrons. The number of hydrogen-bond donors (Lipinski definition) is 13. The second kappa shape index (κ2) is 21.4. The molecule has 0 saturated carbocycles. The van der Waals surface area contributed by atoms with E-state index in [4.69, 9.17) is 24.7 Å². The van der Waals surface area contributed by atoms with Gasteiger partial charge in [0.2, 0.25) is 17.7 Å². The molecule has 57 heavy (non-hydrogen) atoms. The highest BCUT2D eigenvalue weighted by molar-refractivity contribution is 5.93. The largest absolute Gasteiger partial charge is 0.481 e. The van der Waals surface area contributed by atoms with E-state index in [1.54, 1.807) is 0 Å². The van der Waals surface area contributed by atoms with E-state index in [9.17, 15) is 65.1 Å². The zero-order chi connectivity index (χ0) is 41.8. The van der Waals surface area contributed by atoms with Crippen molar-refractivity contribution in [3.8, 4) is 0 Å². The van der Waals surface area contributed by atoms with Crippen molar-refractivity contribution in [2.75, 3.05) is 26.4 Å². The minimum atomic E-state index is -1.61. The van der Waals surface area contributed by atoms with Gasteiger partial charge in [-0.1, -0.05) is 10.4 Å². The molecule has 27 nitrogen and oxygen atoms in total. The summed E-state index contributed by atoms with van der Waals surface area (Å²) in [6, 6.07) is -2.95. The number of carboxylic acids is 1. The number of ether oxygens (including phenoxy) is 4. The number of carbonyl (C=O) groups excluding carboxylic acids is 3. The smallest absolute Gasteiger partial charge is 0.305 e. The molecular formula is C30H48N10O17. The Kier molecular flexibility index (Phi) is 17.0. The van der Waals surface area contributed by atoms with Crippen LogP contribution in [0.3, 0.4) is 0 Å². The van der Waals surface area contributed by atoms with Crippen molar-refractivity contribution in [2.45, 2.75) is 113 Å². The summed E-state index contributed by atoms with van der Waals surface area (Å²) >= 11 is 0. The van der Waals surface area contributed by atoms with Crippen LogP contribution >= 0.6 is 0 Å². The Morgan fingerprint density at radius 1 is 0.719 bits per heavy atom. The van der Waals surface area contributed by atoms with Gasteiger partial charge in [-0.2, -0.15) is 0 Å². The maximum Gasteiger partial charge on any atom is 0.305 e. The van der Waals surface area contributed by atoms with Crippen LogP contribution in [0.15, 0.2) is 12.4 Å². The number of rotatable bonds is 21. The lowest BCUT2D eigenvalue weighted by molar-refractivity contribution is -0.301. The maximum atomic E-state index is 12.8. The van der Waals surface area contributed by atoms with Gasteiger partial charge in [0.05, 0.1) is 83.9 Å². The molecule has 0 aromatic carbocycles. The normalized spacial score (nSPS) is 28.6. The minimum absolute atomic E-state index is 0.0637. The molecule has 27 heteroatoms. The molecule has 2 aliphatic heterocycles. The van der Waals surface area contributed by atoms with Crippen LogP contribution in [0.1, 0.15) is 24.2 Å². The number of aliphatic hydroxyl groups excluding tert-OH is 8. The van der Waals surface area contributed by atoms with Gasteiger partial charge in [0, 0.05) is 0 Å². The summed E-state index contributed by atoms with van der Waals surface area (Å²) in [4.78, 5) is 49.5. The number of carbonyl (C=O) groups is 4. The lowest BCUT2D eigenvalue weighted by Gasteiger charge is -2.39. The Morgan fingerprint density at radius 3 is 1.61 bits per heavy atom. The van der Waals surface area contributed by atoms with Crippen LogP contribution < -0.4 is 21.7 Å². The van der Waals surface area contributed by atoms with Crippen LogP contribution in [0.25, 0.3) is 0 Å². The summed E-state index contributed by atoms with van der Waals surface area (Å²) in [5, 5.41) is 110. The predicted molar refractivity (Wildman–Crippen MR) is 180 cm³/mol. The van der Waals surface area contributed by atoms with Gasteiger partial charge in [-0.3, -0.25) is 19.2 Å². The minimum Gasteiger partial charge on any atom is -0.481 e. The first-order chi connectivity index (χ1) is 27.1. The molecule has 2 aromatic rings. The number of nitrogens with one attached hydrogen (secondary N) is 3. The Hall–Kier alpha value is -4.36. The fraction of sp³-hybridized carbons (Fsp3) is 0.733. The molecule has 0 spiro atoms. The Labute approximate surface area is 322 Å². The highest BCUT2D eigenvalue weighted by Crippen LogP contribution is 2.23. The fourth-order valence-corrected chi connectivity index (χ4v) is 5.53. The van der Waals surface area contributed by atoms with Crippen LogP contribution in [-0.2, 0) is 64.3 Å². The molecule has 3 amide bonds. The van der Waals surface area contributed by atoms with Crippen LogP contribution in [0.4, 0.5) is 0 Å². The summed E-state index contributed by atoms with van der Waals surface area (Å²) in [6.07, 6.45) is -12.9. The SMILES string of the molecule is N[C@@H](CC(=O)N[C@@H](CC(=O)O)C(=O)NCc1cn(CCO[C@H]2O[C@H](CO)[C@@H](O)[C@H](O)[C@@H]2O)nn1)C(=O)NCc1cn(CCO[C@H]2O[C@H](CO)[C@@H](O)[C@H](O)[C@@H]2O)nn1. The monoisotopic (exact) mass is 820 g/mol. The first-order valence-corrected chi connectivity index (χ1v) is 17.6. The number of aliphatic hydroxyl groups is 8. The van der Waals surface area contributed by atoms with E-state index < -0.39 is 123 Å². The van der Waals surface area contributed by atoms with E-state index in [1.165, 1.54) is 21.8 Å². The summed E-state index contributed by atoms with van der Waals surface area (Å²) in [7, 11) is 0. The zero-order valence-corrected chi connectivity index (χ0v) is 30.2. The molecule has 0 aliphatic carbocycles. The van der Waals surface area contributed by atoms with Gasteiger partial charge >= 0.3 is 5.97 Å². The lowest BCUT2D eigenvalue weighted by atomic mass is 9.99. The number of hydrogen-bond acceptors (Lipinski definition) is 21. The van der Waals surface area contributed by atoms with E-state index in [2.05, 4.69) is 36.6 Å². The van der Waals surface area contributed by atoms with Gasteiger partial charge in [-0.15, -0.1) is 10.2 Å². The number of amides is 3. The van der Waals surface area contributed by atoms with Crippen LogP contribution in [0, 0.1) is 0 Å². The molecule has 4 heterocycles. The van der Waals surface area contributed by atoms with Gasteiger partial charge in [-0.25, -0.2) is 9.36 Å². The van der Waals surface area contributed by atoms with Crippen molar-refractivity contribution < 1.29 is 84.1 Å². The highest BCUT2D eigenvalue weighted by atomic mass is 16.7. The van der Waals surface area contributed by atoms with Crippen LogP contribution in [-0.4, -0.2) is 200 Å². The van der Waals surface area contributed by atoms with E-state index in [1.807, 2.05) is 0 Å². The van der Waals surface area contributed by atoms with Crippen molar-refractivity contribution in [2.24, 2.45) is 5.73 Å². The van der Waals surface area contributed by atoms with Crippen molar-refractivity contribution >= 4 is 23.7 Å². The maximum absolute atomic E-state index is 12.8. The molecule has 0 radical (unpaired) electrons. The van der Waals surface area contributed by atoms with E-state index in [0.717, 1.165) is 0 Å². The number of nitrogens with zero attached hydrogens (tertiary/aromatic N) is 6. The van der Waals surface area contributed by atoms with Crippen molar-refractivity contribution in [1.82, 2.24) is 45.9 Å². The second-order valence-electron chi connectivity index (χ2n) is 13.0. The topological polar surface area (TPSA) is 411 Å². The summed E-state index contributed by atoms with van der Waals surface area (Å²) < 4.78 is 24.0. The Bertz CT molecular complexity index is 1610. The molecule has 0 bridgehead atoms. The van der Waals surface area contributed by atoms with Gasteiger partial charge < -0.3 is 86.6 Å². The average Bonchev–Trinajstić information content (AvgIpc) is 3.84. The third kappa shape index (κ3) is 12.8. The third-order valence-electron chi connectivity index (χ3n) is 8.73. The van der Waals surface area contributed by atoms with Crippen molar-refractivity contribution in [1.29, 1.82) is 0 Å². The number of aromatic nitrogens is 6. The molecule has 2 fully saturated rings. The lowest BCUT2D eigenvalue weighted by Crippen LogP contribution is -2.59. The Morgan fingerprint density at radius 2 is 1.18 bits per heavy atom. The van der Waals surface area contributed by atoms with E-state index in [-0.39, 0.29) is 50.8 Å². The van der Waals surface area contributed by atoms with Crippen LogP contribution in [0.5, 0.6) is 0 Å². The summed E-state index contributed by atoms with van der Waals surface area (Å²) in [6.45, 7) is -1.66. The summed E-state index contributed by atoms with van der Waals surface area (Å²) in [5.41, 5.74) is 6.38. The molecule has 0 unspecified atom stereocenters. The quantitative estimate of drug-likeness (QED) is 0.0556. The number of carboxylic acid groups (broad SMARTS) is 1. The second-order valence-corrected chi connectivity index (χ2v) is 13.0. The predicted octanol–water partition coefficient (Wildman–Crippen LogP) is -8.89. The van der Waals surface area contributed by atoms with E-state index >= 15 is 0 Å². The molecule has 4 rings (SSSR count). The first kappa shape index (κ1) is 45.3. The molecule has 2 saturated heterocycles. The Balaban J connectivity index is 1.16. The van der Waals surface area contributed by atoms with Gasteiger partial charge in [0.15, 0.2) is 12.6 Å². The number of aliphatic carboxylic acids is 1. The third-order valence-corrected chi connectivity index (χ3v) is 8.73. The molecular weight excluding hydrogens is 772 g/mol. The zero-order valence-electron chi connectivity index (χ0n) is 30.2. The van der Waals surface area contributed by atoms with Crippen molar-refractivity contribution in [3.05, 3.63) is 23.8 Å². The molecule has 14 N–H and O–H groups in total. The standard InChI is InChI=1S/C30H48N10O17/c31-15(27(52)32-7-13-9-39(37-35-13)1-3-54-29-25(50)23(48)21(46)17(11-41)56-29)5-19(43)34-16(6-20(44)45)28(53)33-8-14-10-40(38-36-14)2-4-55-30-26(51)24(49)22(47)18(12-42)57-30/h9-10,15-18,21-26,29-30,41-42,46-51H,1-8,11-12,31H2,(H,32,52)(H,33,53)(H,34,43)(H,44,45)/t15-,16-,17+,18+,21+,22+,23-,24-,25-,26-,29-,30-/m0/s1. The average molecular weight is 821 g/mol. The molecule has 12 atom stereocenters. The highest BCUT2D eigenvalue weighted by Gasteiger charge is 2.45. The van der Waals surface area contributed by atoms with Crippen molar-refractivity contribution in [3.63, 3.8) is 0 Å². The van der Waals surface area contributed by atoms with Crippen LogP contribution in [0.2, 0.25) is 0 Å². The molecule has 2 aromatic heterocycles.